The molecule has 4 rings (SSSR count). The summed E-state index contributed by atoms with van der Waals surface area (Å²) in [6.45, 7) is 0.612. The lowest BCUT2D eigenvalue weighted by atomic mass is 10.2. The van der Waals surface area contributed by atoms with E-state index in [9.17, 15) is 4.79 Å². The Hall–Kier alpha value is -2.68. The largest absolute Gasteiger partial charge is 0.493 e. The number of benzene rings is 2. The van der Waals surface area contributed by atoms with Crippen LogP contribution < -0.4 is 10.1 Å². The molecule has 2 aromatic carbocycles. The molecule has 0 spiro atoms. The average molecular weight is 440 g/mol. The van der Waals surface area contributed by atoms with E-state index in [4.69, 9.17) is 4.74 Å². The number of aromatic nitrogens is 2. The number of rotatable bonds is 8. The molecule has 2 aromatic heterocycles. The molecule has 1 amide bonds. The zero-order chi connectivity index (χ0) is 19.9. The molecule has 2 heterocycles. The summed E-state index contributed by atoms with van der Waals surface area (Å²) in [6, 6.07) is 21.5. The standard InChI is InChI=1S/C21H17N3O2S3/c25-19(18-11-6-13-27-18)22-21-24-23-20(29-21)16-9-4-5-10-17(16)28-14-12-26-15-7-2-1-3-8-15/h1-11,13H,12,14H2,(H,22,24,25). The summed E-state index contributed by atoms with van der Waals surface area (Å²) in [5.41, 5.74) is 1.01. The Bertz CT molecular complexity index is 1070. The van der Waals surface area contributed by atoms with Gasteiger partial charge in [-0.2, -0.15) is 0 Å². The van der Waals surface area contributed by atoms with Crippen LogP contribution in [0.2, 0.25) is 0 Å². The summed E-state index contributed by atoms with van der Waals surface area (Å²) in [4.78, 5) is 14.0. The van der Waals surface area contributed by atoms with Crippen molar-refractivity contribution in [1.29, 1.82) is 0 Å². The number of nitrogens with zero attached hydrogens (tertiary/aromatic N) is 2. The molecule has 0 fully saturated rings. The molecule has 8 heteroatoms. The van der Waals surface area contributed by atoms with E-state index in [2.05, 4.69) is 21.6 Å². The van der Waals surface area contributed by atoms with Crippen molar-refractivity contribution in [2.75, 3.05) is 17.7 Å². The Morgan fingerprint density at radius 2 is 1.83 bits per heavy atom. The fourth-order valence-electron chi connectivity index (χ4n) is 2.55. The van der Waals surface area contributed by atoms with Gasteiger partial charge in [-0.1, -0.05) is 53.8 Å². The van der Waals surface area contributed by atoms with Gasteiger partial charge in [-0.3, -0.25) is 10.1 Å². The van der Waals surface area contributed by atoms with E-state index in [-0.39, 0.29) is 5.91 Å². The van der Waals surface area contributed by atoms with E-state index in [0.717, 1.165) is 27.0 Å². The molecule has 29 heavy (non-hydrogen) atoms. The van der Waals surface area contributed by atoms with Gasteiger partial charge in [0.05, 0.1) is 11.5 Å². The first-order chi connectivity index (χ1) is 14.3. The molecule has 0 radical (unpaired) electrons. The number of thiophene rings is 1. The molecule has 0 aliphatic heterocycles. The van der Waals surface area contributed by atoms with Crippen molar-refractivity contribution in [2.24, 2.45) is 0 Å². The van der Waals surface area contributed by atoms with Crippen LogP contribution in [-0.2, 0) is 0 Å². The number of carbonyl (C=O) groups is 1. The number of para-hydroxylation sites is 1. The molecule has 1 N–H and O–H groups in total. The molecule has 5 nitrogen and oxygen atoms in total. The van der Waals surface area contributed by atoms with Crippen molar-refractivity contribution < 1.29 is 9.53 Å². The highest BCUT2D eigenvalue weighted by Crippen LogP contribution is 2.34. The average Bonchev–Trinajstić information content (AvgIpc) is 3.45. The van der Waals surface area contributed by atoms with Gasteiger partial charge in [0.15, 0.2) is 5.01 Å². The first kappa shape index (κ1) is 19.6. The second-order valence-corrected chi connectivity index (χ2v) is 8.91. The number of hydrogen-bond acceptors (Lipinski definition) is 7. The second-order valence-electron chi connectivity index (χ2n) is 5.85. The van der Waals surface area contributed by atoms with Crippen LogP contribution in [0.25, 0.3) is 10.6 Å². The van der Waals surface area contributed by atoms with Gasteiger partial charge in [0.25, 0.3) is 5.91 Å². The highest BCUT2D eigenvalue weighted by molar-refractivity contribution is 7.99. The third-order valence-electron chi connectivity index (χ3n) is 3.86. The molecular formula is C21H17N3O2S3. The maximum absolute atomic E-state index is 12.2. The zero-order valence-corrected chi connectivity index (χ0v) is 17.7. The highest BCUT2D eigenvalue weighted by atomic mass is 32.2. The van der Waals surface area contributed by atoms with E-state index < -0.39 is 0 Å². The van der Waals surface area contributed by atoms with Gasteiger partial charge in [-0.05, 0) is 29.6 Å². The number of carbonyl (C=O) groups excluding carboxylic acids is 1. The lowest BCUT2D eigenvalue weighted by Gasteiger charge is -2.08. The fraction of sp³-hybridized carbons (Fsp3) is 0.0952. The maximum Gasteiger partial charge on any atom is 0.267 e. The molecule has 0 aliphatic carbocycles. The SMILES string of the molecule is O=C(Nc1nnc(-c2ccccc2SCCOc2ccccc2)s1)c1cccs1. The Morgan fingerprint density at radius 3 is 2.66 bits per heavy atom. The quantitative estimate of drug-likeness (QED) is 0.282. The van der Waals surface area contributed by atoms with Gasteiger partial charge in [0.1, 0.15) is 5.75 Å². The second kappa shape index (κ2) is 9.69. The molecule has 0 unspecified atom stereocenters. The predicted octanol–water partition coefficient (Wildman–Crippen LogP) is 5.69. The minimum absolute atomic E-state index is 0.163. The number of hydrogen-bond donors (Lipinski definition) is 1. The van der Waals surface area contributed by atoms with Gasteiger partial charge in [-0.15, -0.1) is 33.3 Å². The summed E-state index contributed by atoms with van der Waals surface area (Å²) >= 11 is 4.47. The number of ether oxygens (including phenoxy) is 1. The van der Waals surface area contributed by atoms with Crippen LogP contribution in [-0.4, -0.2) is 28.5 Å². The molecule has 146 valence electrons. The summed E-state index contributed by atoms with van der Waals surface area (Å²) in [5.74, 6) is 1.52. The van der Waals surface area contributed by atoms with Gasteiger partial charge in [0, 0.05) is 16.2 Å². The van der Waals surface area contributed by atoms with Gasteiger partial charge in [0.2, 0.25) is 5.13 Å². The van der Waals surface area contributed by atoms with Crippen LogP contribution in [0.5, 0.6) is 5.75 Å². The number of thioether (sulfide) groups is 1. The monoisotopic (exact) mass is 439 g/mol. The van der Waals surface area contributed by atoms with Crippen molar-refractivity contribution in [2.45, 2.75) is 4.90 Å². The van der Waals surface area contributed by atoms with E-state index in [1.54, 1.807) is 17.8 Å². The number of nitrogens with one attached hydrogen (secondary N) is 1. The minimum Gasteiger partial charge on any atom is -0.493 e. The van der Waals surface area contributed by atoms with Gasteiger partial charge in [-0.25, -0.2) is 0 Å². The van der Waals surface area contributed by atoms with Crippen molar-refractivity contribution in [1.82, 2.24) is 10.2 Å². The summed E-state index contributed by atoms with van der Waals surface area (Å²) in [5, 5.41) is 14.3. The summed E-state index contributed by atoms with van der Waals surface area (Å²) in [6.07, 6.45) is 0. The van der Waals surface area contributed by atoms with Gasteiger partial charge >= 0.3 is 0 Å². The maximum atomic E-state index is 12.2. The summed E-state index contributed by atoms with van der Waals surface area (Å²) < 4.78 is 5.76. The van der Waals surface area contributed by atoms with Crippen molar-refractivity contribution in [3.63, 3.8) is 0 Å². The predicted molar refractivity (Wildman–Crippen MR) is 120 cm³/mol. The van der Waals surface area contributed by atoms with Crippen LogP contribution >= 0.6 is 34.4 Å². The first-order valence-electron chi connectivity index (χ1n) is 8.88. The molecule has 0 aliphatic rings. The Labute approximate surface area is 180 Å². The zero-order valence-electron chi connectivity index (χ0n) is 15.3. The smallest absolute Gasteiger partial charge is 0.267 e. The highest BCUT2D eigenvalue weighted by Gasteiger charge is 2.14. The molecule has 0 saturated carbocycles. The molecule has 0 atom stereocenters. The molecule has 4 aromatic rings. The van der Waals surface area contributed by atoms with Crippen LogP contribution in [0.4, 0.5) is 5.13 Å². The van der Waals surface area contributed by atoms with Crippen LogP contribution in [0.1, 0.15) is 9.67 Å². The fourth-order valence-corrected chi connectivity index (χ4v) is 4.89. The Balaban J connectivity index is 1.39. The lowest BCUT2D eigenvalue weighted by Crippen LogP contribution is -2.09. The van der Waals surface area contributed by atoms with Gasteiger partial charge < -0.3 is 4.74 Å². The summed E-state index contributed by atoms with van der Waals surface area (Å²) in [7, 11) is 0. The minimum atomic E-state index is -0.163. The topological polar surface area (TPSA) is 64.1 Å². The first-order valence-corrected chi connectivity index (χ1v) is 11.6. The van der Waals surface area contributed by atoms with E-state index in [1.165, 1.54) is 22.7 Å². The van der Waals surface area contributed by atoms with Crippen molar-refractivity contribution in [3.05, 3.63) is 77.0 Å². The van der Waals surface area contributed by atoms with Crippen LogP contribution in [0.15, 0.2) is 77.0 Å². The number of amides is 1. The molecular weight excluding hydrogens is 422 g/mol. The van der Waals surface area contributed by atoms with Crippen molar-refractivity contribution in [3.8, 4) is 16.3 Å². The van der Waals surface area contributed by atoms with E-state index in [1.807, 2.05) is 60.0 Å². The molecule has 0 bridgehead atoms. The Morgan fingerprint density at radius 1 is 1.00 bits per heavy atom. The normalized spacial score (nSPS) is 10.6. The third-order valence-corrected chi connectivity index (χ3v) is 6.64. The van der Waals surface area contributed by atoms with Crippen LogP contribution in [0, 0.1) is 0 Å². The van der Waals surface area contributed by atoms with Crippen molar-refractivity contribution >= 4 is 45.5 Å². The third kappa shape index (κ3) is 5.23. The molecule has 0 saturated heterocycles. The lowest BCUT2D eigenvalue weighted by molar-refractivity contribution is 0.103. The number of anilines is 1. The Kier molecular flexibility index (Phi) is 6.56. The van der Waals surface area contributed by atoms with E-state index >= 15 is 0 Å². The van der Waals surface area contributed by atoms with E-state index in [0.29, 0.717) is 16.6 Å². The van der Waals surface area contributed by atoms with Crippen LogP contribution in [0.3, 0.4) is 0 Å².